The van der Waals surface area contributed by atoms with Crippen LogP contribution < -0.4 is 10.9 Å². The van der Waals surface area contributed by atoms with Crippen LogP contribution in [0.3, 0.4) is 0 Å². The molecule has 2 aromatic rings. The van der Waals surface area contributed by atoms with E-state index in [0.717, 1.165) is 30.8 Å². The Morgan fingerprint density at radius 3 is 2.83 bits per heavy atom. The summed E-state index contributed by atoms with van der Waals surface area (Å²) in [5, 5.41) is 4.04. The summed E-state index contributed by atoms with van der Waals surface area (Å²) in [5.74, 6) is 0.500. The van der Waals surface area contributed by atoms with Gasteiger partial charge in [-0.05, 0) is 42.6 Å². The molecule has 0 saturated carbocycles. The van der Waals surface area contributed by atoms with Crippen LogP contribution in [0.15, 0.2) is 41.2 Å². The quantitative estimate of drug-likeness (QED) is 0.732. The summed E-state index contributed by atoms with van der Waals surface area (Å²) in [5.41, 5.74) is 1.90. The second-order valence-corrected chi connectivity index (χ2v) is 8.26. The number of aromatic nitrogens is 1. The molecule has 1 saturated heterocycles. The van der Waals surface area contributed by atoms with E-state index in [-0.39, 0.29) is 29.4 Å². The molecule has 0 aliphatic carbocycles. The van der Waals surface area contributed by atoms with Crippen LogP contribution in [-0.4, -0.2) is 48.7 Å². The van der Waals surface area contributed by atoms with Gasteiger partial charge in [0.05, 0.1) is 6.61 Å². The van der Waals surface area contributed by atoms with Crippen LogP contribution in [0.4, 0.5) is 0 Å². The molecule has 0 unspecified atom stereocenters. The number of nitrogens with zero attached hydrogens (tertiary/aromatic N) is 2. The van der Waals surface area contributed by atoms with Crippen molar-refractivity contribution in [3.05, 3.63) is 68.6 Å². The summed E-state index contributed by atoms with van der Waals surface area (Å²) >= 11 is 6.29. The molecule has 162 valence electrons. The lowest BCUT2D eigenvalue weighted by molar-refractivity contribution is 0.0677. The lowest BCUT2D eigenvalue weighted by atomic mass is 9.84. The Balaban J connectivity index is 0.00000256. The number of carbonyl (C=O) groups is 1. The van der Waals surface area contributed by atoms with Crippen LogP contribution >= 0.6 is 24.0 Å². The van der Waals surface area contributed by atoms with Gasteiger partial charge in [0.15, 0.2) is 0 Å². The van der Waals surface area contributed by atoms with E-state index in [0.29, 0.717) is 43.1 Å². The first kappa shape index (κ1) is 22.8. The Morgan fingerprint density at radius 2 is 2.07 bits per heavy atom. The van der Waals surface area contributed by atoms with Gasteiger partial charge in [-0.25, -0.2) is 0 Å². The number of rotatable bonds is 6. The molecular weight excluding hydrogens is 425 g/mol. The van der Waals surface area contributed by atoms with Gasteiger partial charge in [-0.1, -0.05) is 29.8 Å². The van der Waals surface area contributed by atoms with Gasteiger partial charge in [-0.2, -0.15) is 0 Å². The number of amides is 1. The molecule has 8 heteroatoms. The molecule has 2 aliphatic heterocycles. The monoisotopic (exact) mass is 451 g/mol. The van der Waals surface area contributed by atoms with Gasteiger partial charge in [-0.15, -0.1) is 12.4 Å². The summed E-state index contributed by atoms with van der Waals surface area (Å²) in [7, 11) is 1.60. The molecule has 1 aromatic carbocycles. The van der Waals surface area contributed by atoms with Crippen molar-refractivity contribution in [2.75, 3.05) is 33.4 Å². The molecule has 2 atom stereocenters. The maximum atomic E-state index is 13.3. The van der Waals surface area contributed by atoms with Crippen LogP contribution in [-0.2, 0) is 17.8 Å². The summed E-state index contributed by atoms with van der Waals surface area (Å²) in [6, 6.07) is 11.1. The fourth-order valence-electron chi connectivity index (χ4n) is 4.41. The third-order valence-electron chi connectivity index (χ3n) is 5.91. The number of benzene rings is 1. The number of hydrogen-bond acceptors (Lipinski definition) is 4. The number of piperidine rings is 1. The highest BCUT2D eigenvalue weighted by Crippen LogP contribution is 2.31. The molecule has 6 nitrogen and oxygen atoms in total. The summed E-state index contributed by atoms with van der Waals surface area (Å²) < 4.78 is 7.00. The van der Waals surface area contributed by atoms with Crippen LogP contribution in [0.25, 0.3) is 0 Å². The van der Waals surface area contributed by atoms with Crippen molar-refractivity contribution in [2.24, 2.45) is 5.92 Å². The minimum atomic E-state index is -0.281. The van der Waals surface area contributed by atoms with E-state index in [9.17, 15) is 9.59 Å². The van der Waals surface area contributed by atoms with Gasteiger partial charge in [0, 0.05) is 49.9 Å². The fourth-order valence-corrected chi connectivity index (χ4v) is 4.61. The van der Waals surface area contributed by atoms with Crippen LogP contribution in [0.2, 0.25) is 5.02 Å². The molecule has 1 aromatic heterocycles. The molecule has 2 aliphatic rings. The van der Waals surface area contributed by atoms with Gasteiger partial charge in [0.25, 0.3) is 11.5 Å². The van der Waals surface area contributed by atoms with Crippen molar-refractivity contribution in [1.29, 1.82) is 0 Å². The van der Waals surface area contributed by atoms with E-state index in [4.69, 9.17) is 16.3 Å². The number of ether oxygens (including phenoxy) is 1. The Morgan fingerprint density at radius 1 is 1.27 bits per heavy atom. The first-order valence-corrected chi connectivity index (χ1v) is 10.4. The van der Waals surface area contributed by atoms with Crippen molar-refractivity contribution in [3.8, 4) is 0 Å². The summed E-state index contributed by atoms with van der Waals surface area (Å²) in [6.07, 6.45) is 1.10. The molecule has 3 heterocycles. The number of hydrogen-bond donors (Lipinski definition) is 1. The highest BCUT2D eigenvalue weighted by Gasteiger charge is 2.32. The van der Waals surface area contributed by atoms with Gasteiger partial charge in [-0.3, -0.25) is 9.59 Å². The molecule has 0 radical (unpaired) electrons. The van der Waals surface area contributed by atoms with E-state index < -0.39 is 0 Å². The van der Waals surface area contributed by atoms with Crippen molar-refractivity contribution < 1.29 is 9.53 Å². The molecule has 0 spiro atoms. The number of methoxy groups -OCH3 is 1. The number of nitrogens with one attached hydrogen (secondary N) is 1. The van der Waals surface area contributed by atoms with E-state index in [1.165, 1.54) is 0 Å². The van der Waals surface area contributed by atoms with Gasteiger partial charge < -0.3 is 19.5 Å². The minimum Gasteiger partial charge on any atom is -0.383 e. The molecule has 1 amide bonds. The highest BCUT2D eigenvalue weighted by atomic mass is 35.5. The van der Waals surface area contributed by atoms with Crippen molar-refractivity contribution in [2.45, 2.75) is 25.4 Å². The fraction of sp³-hybridized carbons (Fsp3) is 0.455. The maximum Gasteiger partial charge on any atom is 0.263 e. The molecule has 2 bridgehead atoms. The van der Waals surface area contributed by atoms with Gasteiger partial charge >= 0.3 is 0 Å². The zero-order chi connectivity index (χ0) is 20.4. The summed E-state index contributed by atoms with van der Waals surface area (Å²) in [4.78, 5) is 28.2. The van der Waals surface area contributed by atoms with Crippen LogP contribution in [0, 0.1) is 5.92 Å². The first-order valence-electron chi connectivity index (χ1n) is 10.0. The number of fused-ring (bicyclic) bond motifs is 4. The van der Waals surface area contributed by atoms with E-state index in [1.807, 2.05) is 28.8 Å². The highest BCUT2D eigenvalue weighted by molar-refractivity contribution is 6.31. The van der Waals surface area contributed by atoms with E-state index in [1.54, 1.807) is 24.1 Å². The first-order chi connectivity index (χ1) is 14.1. The Hall–Kier alpha value is -1.86. The lowest BCUT2D eigenvalue weighted by Gasteiger charge is -2.37. The topological polar surface area (TPSA) is 63.6 Å². The Bertz CT molecular complexity index is 963. The second-order valence-electron chi connectivity index (χ2n) is 7.86. The van der Waals surface area contributed by atoms with Gasteiger partial charge in [0.1, 0.15) is 5.56 Å². The Kier molecular flexibility index (Phi) is 7.58. The number of carbonyl (C=O) groups excluding carboxylic acids is 1. The van der Waals surface area contributed by atoms with Crippen molar-refractivity contribution in [3.63, 3.8) is 0 Å². The second kappa shape index (κ2) is 9.96. The van der Waals surface area contributed by atoms with Crippen LogP contribution in [0.5, 0.6) is 0 Å². The largest absolute Gasteiger partial charge is 0.383 e. The zero-order valence-corrected chi connectivity index (χ0v) is 18.5. The minimum absolute atomic E-state index is 0. The van der Waals surface area contributed by atoms with Crippen molar-refractivity contribution >= 4 is 29.9 Å². The van der Waals surface area contributed by atoms with Crippen LogP contribution in [0.1, 0.15) is 34.0 Å². The Labute approximate surface area is 187 Å². The lowest BCUT2D eigenvalue weighted by Crippen LogP contribution is -2.46. The predicted octanol–water partition coefficient (Wildman–Crippen LogP) is 2.92. The van der Waals surface area contributed by atoms with E-state index >= 15 is 0 Å². The maximum absolute atomic E-state index is 13.3. The molecule has 30 heavy (non-hydrogen) atoms. The predicted molar refractivity (Wildman–Crippen MR) is 120 cm³/mol. The number of pyridine rings is 1. The van der Waals surface area contributed by atoms with Crippen molar-refractivity contribution in [1.82, 2.24) is 14.8 Å². The standard InChI is InChI=1S/C22H26ClN3O3.ClH/c1-29-9-8-25(14-16-4-2-3-5-19(16)23)21(27)18-6-7-20-17-10-15(11-24-12-17)13-26(20)22(18)28;/h2-7,15,17,24H,8-14H2,1H3;1H/t15-,17+;/m0./s1. The zero-order valence-electron chi connectivity index (χ0n) is 17.0. The normalized spacial score (nSPS) is 19.5. The summed E-state index contributed by atoms with van der Waals surface area (Å²) in [6.45, 7) is 3.58. The molecule has 1 N–H and O–H groups in total. The van der Waals surface area contributed by atoms with E-state index in [2.05, 4.69) is 5.32 Å². The third kappa shape index (κ3) is 4.57. The third-order valence-corrected chi connectivity index (χ3v) is 6.28. The molecule has 4 rings (SSSR count). The molecule has 1 fully saturated rings. The average Bonchev–Trinajstić information content (AvgIpc) is 2.73. The SMILES string of the molecule is COCCN(Cc1ccccc1Cl)C(=O)c1ccc2n(c1=O)C[C@@H]1CNC[C@H]2C1.Cl. The smallest absolute Gasteiger partial charge is 0.263 e. The average molecular weight is 452 g/mol. The van der Waals surface area contributed by atoms with Gasteiger partial charge in [0.2, 0.25) is 0 Å². The molecular formula is C22H27Cl2N3O3. The number of halogens is 2.